The van der Waals surface area contributed by atoms with Gasteiger partial charge in [-0.3, -0.25) is 9.59 Å². The average molecular weight is 326 g/mol. The molecule has 2 rings (SSSR count). The van der Waals surface area contributed by atoms with E-state index in [0.717, 1.165) is 11.1 Å². The minimum Gasteiger partial charge on any atom is -0.384 e. The number of benzene rings is 2. The molecule has 0 bridgehead atoms. The molecule has 126 valence electrons. The summed E-state index contributed by atoms with van der Waals surface area (Å²) >= 11 is 0. The molecule has 0 aliphatic rings. The number of aliphatic hydroxyl groups is 1. The number of hydrogen-bond acceptors (Lipinski definition) is 3. The lowest BCUT2D eigenvalue weighted by Gasteiger charge is -2.24. The Labute approximate surface area is 141 Å². The lowest BCUT2D eigenvalue weighted by atomic mass is 9.96. The van der Waals surface area contributed by atoms with Gasteiger partial charge in [0.25, 0.3) is 5.91 Å². The Morgan fingerprint density at radius 2 is 1.62 bits per heavy atom. The number of nitrogens with one attached hydrogen (secondary N) is 2. The van der Waals surface area contributed by atoms with Crippen molar-refractivity contribution in [2.24, 2.45) is 0 Å². The van der Waals surface area contributed by atoms with Gasteiger partial charge in [-0.05, 0) is 30.2 Å². The van der Waals surface area contributed by atoms with Crippen LogP contribution >= 0.6 is 0 Å². The number of rotatable bonds is 6. The summed E-state index contributed by atoms with van der Waals surface area (Å²) in [5, 5.41) is 15.9. The first kappa shape index (κ1) is 17.7. The largest absolute Gasteiger partial charge is 0.384 e. The van der Waals surface area contributed by atoms with Gasteiger partial charge in [0.05, 0.1) is 6.54 Å². The quantitative estimate of drug-likeness (QED) is 0.759. The molecule has 0 spiro atoms. The van der Waals surface area contributed by atoms with Crippen LogP contribution in [0.15, 0.2) is 54.6 Å². The molecular formula is C19H22N2O3. The van der Waals surface area contributed by atoms with E-state index in [2.05, 4.69) is 10.6 Å². The third-order valence-corrected chi connectivity index (χ3v) is 3.75. The molecule has 0 aliphatic carbocycles. The maximum Gasteiger partial charge on any atom is 0.251 e. The molecule has 2 aromatic carbocycles. The van der Waals surface area contributed by atoms with Gasteiger partial charge >= 0.3 is 0 Å². The molecule has 0 heterocycles. The molecule has 0 aromatic heterocycles. The molecule has 0 fully saturated rings. The summed E-state index contributed by atoms with van der Waals surface area (Å²) in [7, 11) is 0. The van der Waals surface area contributed by atoms with Crippen molar-refractivity contribution in [3.8, 4) is 0 Å². The van der Waals surface area contributed by atoms with Gasteiger partial charge in [-0.2, -0.15) is 0 Å². The third kappa shape index (κ3) is 4.93. The van der Waals surface area contributed by atoms with E-state index in [1.165, 1.54) is 6.92 Å². The fourth-order valence-electron chi connectivity index (χ4n) is 2.25. The SMILES string of the molecule is CC(=O)NCc1ccc(C(=O)NCC(C)(O)c2ccccc2)cc1. The first-order chi connectivity index (χ1) is 11.4. The van der Waals surface area contributed by atoms with Crippen LogP contribution in [0.3, 0.4) is 0 Å². The Balaban J connectivity index is 1.94. The van der Waals surface area contributed by atoms with Crippen LogP contribution in [0.25, 0.3) is 0 Å². The van der Waals surface area contributed by atoms with Crippen molar-refractivity contribution in [2.75, 3.05) is 6.54 Å². The molecule has 0 aliphatic heterocycles. The fourth-order valence-corrected chi connectivity index (χ4v) is 2.25. The first-order valence-electron chi connectivity index (χ1n) is 7.78. The molecule has 5 heteroatoms. The van der Waals surface area contributed by atoms with Crippen LogP contribution in [0.4, 0.5) is 0 Å². The molecule has 5 nitrogen and oxygen atoms in total. The van der Waals surface area contributed by atoms with E-state index in [9.17, 15) is 14.7 Å². The normalized spacial score (nSPS) is 13.0. The van der Waals surface area contributed by atoms with Crippen molar-refractivity contribution in [3.05, 3.63) is 71.3 Å². The van der Waals surface area contributed by atoms with E-state index >= 15 is 0 Å². The summed E-state index contributed by atoms with van der Waals surface area (Å²) in [4.78, 5) is 23.1. The topological polar surface area (TPSA) is 78.4 Å². The van der Waals surface area contributed by atoms with E-state index in [-0.39, 0.29) is 18.4 Å². The summed E-state index contributed by atoms with van der Waals surface area (Å²) in [6.07, 6.45) is 0. The Kier molecular flexibility index (Phi) is 5.71. The highest BCUT2D eigenvalue weighted by molar-refractivity contribution is 5.94. The standard InChI is InChI=1S/C19H22N2O3/c1-14(22)20-12-15-8-10-16(11-9-15)18(23)21-13-19(2,24)17-6-4-3-5-7-17/h3-11,24H,12-13H2,1-2H3,(H,20,22)(H,21,23). The van der Waals surface area contributed by atoms with Gasteiger partial charge in [0.2, 0.25) is 5.91 Å². The molecule has 0 radical (unpaired) electrons. The summed E-state index contributed by atoms with van der Waals surface area (Å²) in [5.41, 5.74) is 1.03. The van der Waals surface area contributed by atoms with Crippen molar-refractivity contribution in [3.63, 3.8) is 0 Å². The van der Waals surface area contributed by atoms with Crippen LogP contribution in [0.2, 0.25) is 0 Å². The second-order valence-corrected chi connectivity index (χ2v) is 5.93. The average Bonchev–Trinajstić information content (AvgIpc) is 2.59. The molecule has 0 saturated carbocycles. The minimum absolute atomic E-state index is 0.0973. The van der Waals surface area contributed by atoms with Crippen LogP contribution in [-0.4, -0.2) is 23.5 Å². The molecule has 1 unspecified atom stereocenters. The van der Waals surface area contributed by atoms with Gasteiger partial charge < -0.3 is 15.7 Å². The molecule has 2 amide bonds. The highest BCUT2D eigenvalue weighted by Gasteiger charge is 2.23. The highest BCUT2D eigenvalue weighted by Crippen LogP contribution is 2.19. The summed E-state index contributed by atoms with van der Waals surface area (Å²) in [5.74, 6) is -0.350. The van der Waals surface area contributed by atoms with Gasteiger partial charge in [0.15, 0.2) is 0 Å². The van der Waals surface area contributed by atoms with Crippen LogP contribution in [-0.2, 0) is 16.9 Å². The van der Waals surface area contributed by atoms with Crippen LogP contribution in [0, 0.1) is 0 Å². The lowest BCUT2D eigenvalue weighted by Crippen LogP contribution is -2.38. The maximum atomic E-state index is 12.2. The van der Waals surface area contributed by atoms with E-state index in [0.29, 0.717) is 12.1 Å². The van der Waals surface area contributed by atoms with Crippen molar-refractivity contribution < 1.29 is 14.7 Å². The van der Waals surface area contributed by atoms with Gasteiger partial charge in [-0.25, -0.2) is 0 Å². The molecule has 3 N–H and O–H groups in total. The smallest absolute Gasteiger partial charge is 0.251 e. The molecular weight excluding hydrogens is 304 g/mol. The van der Waals surface area contributed by atoms with E-state index in [1.807, 2.05) is 30.3 Å². The zero-order valence-corrected chi connectivity index (χ0v) is 13.9. The Morgan fingerprint density at radius 1 is 1.00 bits per heavy atom. The fraction of sp³-hybridized carbons (Fsp3) is 0.263. The second-order valence-electron chi connectivity index (χ2n) is 5.93. The Bertz CT molecular complexity index is 694. The van der Waals surface area contributed by atoms with E-state index in [1.54, 1.807) is 31.2 Å². The number of carbonyl (C=O) groups is 2. The van der Waals surface area contributed by atoms with Crippen LogP contribution in [0.5, 0.6) is 0 Å². The number of amides is 2. The summed E-state index contributed by atoms with van der Waals surface area (Å²) < 4.78 is 0. The first-order valence-corrected chi connectivity index (χ1v) is 7.78. The summed E-state index contributed by atoms with van der Waals surface area (Å²) in [6.45, 7) is 3.67. The van der Waals surface area contributed by atoms with Crippen molar-refractivity contribution in [1.29, 1.82) is 0 Å². The van der Waals surface area contributed by atoms with Crippen LogP contribution < -0.4 is 10.6 Å². The molecule has 2 aromatic rings. The van der Waals surface area contributed by atoms with Crippen molar-refractivity contribution >= 4 is 11.8 Å². The monoisotopic (exact) mass is 326 g/mol. The maximum absolute atomic E-state index is 12.2. The summed E-state index contributed by atoms with van der Waals surface area (Å²) in [6, 6.07) is 16.2. The zero-order chi connectivity index (χ0) is 17.6. The number of hydrogen-bond donors (Lipinski definition) is 3. The van der Waals surface area contributed by atoms with Crippen molar-refractivity contribution in [1.82, 2.24) is 10.6 Å². The van der Waals surface area contributed by atoms with Crippen LogP contribution in [0.1, 0.15) is 35.3 Å². The van der Waals surface area contributed by atoms with Crippen molar-refractivity contribution in [2.45, 2.75) is 26.0 Å². The molecule has 0 saturated heterocycles. The lowest BCUT2D eigenvalue weighted by molar-refractivity contribution is -0.119. The van der Waals surface area contributed by atoms with E-state index in [4.69, 9.17) is 0 Å². The molecule has 24 heavy (non-hydrogen) atoms. The van der Waals surface area contributed by atoms with E-state index < -0.39 is 5.60 Å². The number of carbonyl (C=O) groups excluding carboxylic acids is 2. The predicted octanol–water partition coefficient (Wildman–Crippen LogP) is 1.96. The second kappa shape index (κ2) is 7.75. The Morgan fingerprint density at radius 3 is 2.21 bits per heavy atom. The van der Waals surface area contributed by atoms with Gasteiger partial charge in [-0.1, -0.05) is 42.5 Å². The van der Waals surface area contributed by atoms with Gasteiger partial charge in [0.1, 0.15) is 5.60 Å². The minimum atomic E-state index is -1.14. The van der Waals surface area contributed by atoms with Gasteiger partial charge in [0, 0.05) is 19.0 Å². The third-order valence-electron chi connectivity index (χ3n) is 3.75. The molecule has 1 atom stereocenters. The zero-order valence-electron chi connectivity index (χ0n) is 13.9. The van der Waals surface area contributed by atoms with Gasteiger partial charge in [-0.15, -0.1) is 0 Å². The Hall–Kier alpha value is -2.66. The highest BCUT2D eigenvalue weighted by atomic mass is 16.3. The predicted molar refractivity (Wildman–Crippen MR) is 92.3 cm³/mol.